The normalized spacial score (nSPS) is 14.9. The minimum absolute atomic E-state index is 0.449. The van der Waals surface area contributed by atoms with Crippen LogP contribution in [0.15, 0.2) is 42.5 Å². The molecule has 1 atom stereocenters. The van der Waals surface area contributed by atoms with Crippen molar-refractivity contribution in [2.45, 2.75) is 12.5 Å². The molecule has 0 radical (unpaired) electrons. The lowest BCUT2D eigenvalue weighted by molar-refractivity contribution is 0.141. The molecule has 2 aromatic rings. The molecule has 1 unspecified atom stereocenters. The van der Waals surface area contributed by atoms with Crippen LogP contribution in [0, 0.1) is 0 Å². The van der Waals surface area contributed by atoms with Gasteiger partial charge in [0, 0.05) is 7.11 Å². The van der Waals surface area contributed by atoms with Crippen LogP contribution >= 0.6 is 0 Å². The van der Waals surface area contributed by atoms with E-state index in [-0.39, 0.29) is 0 Å². The van der Waals surface area contributed by atoms with Gasteiger partial charge in [0.1, 0.15) is 0 Å². The molecular formula is C14H17NO. The van der Waals surface area contributed by atoms with Gasteiger partial charge in [0.05, 0.1) is 12.1 Å². The third-order valence-electron chi connectivity index (χ3n) is 2.85. The molecule has 16 heavy (non-hydrogen) atoms. The summed E-state index contributed by atoms with van der Waals surface area (Å²) in [6.45, 7) is 2.51. The van der Waals surface area contributed by atoms with Crippen molar-refractivity contribution in [2.24, 2.45) is 5.73 Å². The Labute approximate surface area is 96.0 Å². The first kappa shape index (κ1) is 11.1. The maximum Gasteiger partial charge on any atom is 0.0681 e. The summed E-state index contributed by atoms with van der Waals surface area (Å²) in [5, 5.41) is 2.42. The second-order valence-corrected chi connectivity index (χ2v) is 4.38. The molecule has 0 aliphatic carbocycles. The van der Waals surface area contributed by atoms with E-state index in [9.17, 15) is 0 Å². The fourth-order valence-electron chi connectivity index (χ4n) is 2.10. The zero-order chi connectivity index (χ0) is 11.6. The van der Waals surface area contributed by atoms with Gasteiger partial charge < -0.3 is 10.5 Å². The molecule has 0 aliphatic heterocycles. The van der Waals surface area contributed by atoms with Crippen molar-refractivity contribution >= 4 is 10.8 Å². The van der Waals surface area contributed by atoms with Crippen LogP contribution in [0.1, 0.15) is 12.5 Å². The first-order valence-electron chi connectivity index (χ1n) is 5.41. The van der Waals surface area contributed by atoms with E-state index in [1.165, 1.54) is 10.8 Å². The number of fused-ring (bicyclic) bond motifs is 1. The number of hydrogen-bond donors (Lipinski definition) is 1. The zero-order valence-electron chi connectivity index (χ0n) is 9.73. The largest absolute Gasteiger partial charge is 0.382 e. The number of nitrogens with two attached hydrogens (primary N) is 1. The highest BCUT2D eigenvalue weighted by Gasteiger charge is 2.22. The van der Waals surface area contributed by atoms with Gasteiger partial charge in [0.2, 0.25) is 0 Å². The van der Waals surface area contributed by atoms with Gasteiger partial charge in [-0.1, -0.05) is 42.5 Å². The summed E-state index contributed by atoms with van der Waals surface area (Å²) in [5.74, 6) is 0. The summed E-state index contributed by atoms with van der Waals surface area (Å²) in [5.41, 5.74) is 6.97. The second kappa shape index (κ2) is 4.24. The van der Waals surface area contributed by atoms with Crippen molar-refractivity contribution in [3.8, 4) is 0 Å². The van der Waals surface area contributed by atoms with Crippen molar-refractivity contribution in [2.75, 3.05) is 13.7 Å². The first-order chi connectivity index (χ1) is 7.65. The molecule has 0 amide bonds. The summed E-state index contributed by atoms with van der Waals surface area (Å²) < 4.78 is 5.18. The molecule has 2 N–H and O–H groups in total. The number of ether oxygens (including phenoxy) is 1. The van der Waals surface area contributed by atoms with Crippen LogP contribution in [-0.2, 0) is 10.3 Å². The molecule has 0 heterocycles. The first-order valence-corrected chi connectivity index (χ1v) is 5.41. The van der Waals surface area contributed by atoms with Crippen LogP contribution in [0.5, 0.6) is 0 Å². The maximum absolute atomic E-state index is 6.29. The third-order valence-corrected chi connectivity index (χ3v) is 2.85. The fraction of sp³-hybridized carbons (Fsp3) is 0.286. The van der Waals surface area contributed by atoms with E-state index in [0.29, 0.717) is 6.61 Å². The standard InChI is InChI=1S/C14H17NO/c1-14(15,10-16-2)13-9-5-7-11-6-3-4-8-12(11)13/h3-9H,10,15H2,1-2H3. The maximum atomic E-state index is 6.29. The number of hydrogen-bond acceptors (Lipinski definition) is 2. The van der Waals surface area contributed by atoms with Gasteiger partial charge in [-0.05, 0) is 23.3 Å². The molecule has 0 saturated heterocycles. The SMILES string of the molecule is COCC(C)(N)c1cccc2ccccc12. The van der Waals surface area contributed by atoms with E-state index in [1.54, 1.807) is 7.11 Å². The summed E-state index contributed by atoms with van der Waals surface area (Å²) in [6.07, 6.45) is 0. The van der Waals surface area contributed by atoms with Gasteiger partial charge >= 0.3 is 0 Å². The molecule has 0 aromatic heterocycles. The Morgan fingerprint density at radius 1 is 1.12 bits per heavy atom. The topological polar surface area (TPSA) is 35.2 Å². The van der Waals surface area contributed by atoms with Gasteiger partial charge in [-0.25, -0.2) is 0 Å². The lowest BCUT2D eigenvalue weighted by Gasteiger charge is -2.25. The number of benzene rings is 2. The monoisotopic (exact) mass is 215 g/mol. The van der Waals surface area contributed by atoms with Crippen LogP contribution in [0.4, 0.5) is 0 Å². The molecule has 0 bridgehead atoms. The van der Waals surface area contributed by atoms with Gasteiger partial charge in [-0.15, -0.1) is 0 Å². The van der Waals surface area contributed by atoms with Gasteiger partial charge in [-0.3, -0.25) is 0 Å². The lowest BCUT2D eigenvalue weighted by Crippen LogP contribution is -2.37. The number of rotatable bonds is 3. The highest BCUT2D eigenvalue weighted by atomic mass is 16.5. The van der Waals surface area contributed by atoms with E-state index in [2.05, 4.69) is 24.3 Å². The summed E-state index contributed by atoms with van der Waals surface area (Å²) in [6, 6.07) is 14.5. The summed E-state index contributed by atoms with van der Waals surface area (Å²) in [4.78, 5) is 0. The highest BCUT2D eigenvalue weighted by molar-refractivity contribution is 5.86. The molecule has 0 spiro atoms. The molecular weight excluding hydrogens is 198 g/mol. The molecule has 0 fully saturated rings. The van der Waals surface area contributed by atoms with E-state index < -0.39 is 5.54 Å². The molecule has 2 heteroatoms. The molecule has 2 rings (SSSR count). The summed E-state index contributed by atoms with van der Waals surface area (Å²) in [7, 11) is 1.68. The Morgan fingerprint density at radius 3 is 2.56 bits per heavy atom. The average Bonchev–Trinajstić information content (AvgIpc) is 2.28. The Hall–Kier alpha value is -1.38. The second-order valence-electron chi connectivity index (χ2n) is 4.38. The van der Waals surface area contributed by atoms with Gasteiger partial charge in [-0.2, -0.15) is 0 Å². The van der Waals surface area contributed by atoms with Gasteiger partial charge in [0.25, 0.3) is 0 Å². The summed E-state index contributed by atoms with van der Waals surface area (Å²) >= 11 is 0. The zero-order valence-corrected chi connectivity index (χ0v) is 9.73. The Balaban J connectivity index is 2.60. The molecule has 0 saturated carbocycles. The Kier molecular flexibility index (Phi) is 2.95. The number of methoxy groups -OCH3 is 1. The van der Waals surface area contributed by atoms with Crippen LogP contribution in [0.2, 0.25) is 0 Å². The van der Waals surface area contributed by atoms with Crippen molar-refractivity contribution in [1.82, 2.24) is 0 Å². The smallest absolute Gasteiger partial charge is 0.0681 e. The van der Waals surface area contributed by atoms with E-state index in [0.717, 1.165) is 5.56 Å². The third kappa shape index (κ3) is 1.94. The van der Waals surface area contributed by atoms with E-state index in [4.69, 9.17) is 10.5 Å². The molecule has 2 nitrogen and oxygen atoms in total. The minimum Gasteiger partial charge on any atom is -0.382 e. The van der Waals surface area contributed by atoms with Crippen LogP contribution in [-0.4, -0.2) is 13.7 Å². The Morgan fingerprint density at radius 2 is 1.81 bits per heavy atom. The Bertz CT molecular complexity index is 486. The quantitative estimate of drug-likeness (QED) is 0.854. The lowest BCUT2D eigenvalue weighted by atomic mass is 9.89. The van der Waals surface area contributed by atoms with Crippen LogP contribution < -0.4 is 5.73 Å². The van der Waals surface area contributed by atoms with Gasteiger partial charge in [0.15, 0.2) is 0 Å². The minimum atomic E-state index is -0.449. The fourth-order valence-corrected chi connectivity index (χ4v) is 2.10. The predicted molar refractivity (Wildman–Crippen MR) is 67.4 cm³/mol. The molecule has 0 aliphatic rings. The molecule has 2 aromatic carbocycles. The van der Waals surface area contributed by atoms with Crippen molar-refractivity contribution in [3.63, 3.8) is 0 Å². The van der Waals surface area contributed by atoms with Crippen molar-refractivity contribution in [1.29, 1.82) is 0 Å². The van der Waals surface area contributed by atoms with Crippen molar-refractivity contribution in [3.05, 3.63) is 48.0 Å². The van der Waals surface area contributed by atoms with E-state index in [1.807, 2.05) is 25.1 Å². The van der Waals surface area contributed by atoms with Crippen LogP contribution in [0.25, 0.3) is 10.8 Å². The van der Waals surface area contributed by atoms with Crippen LogP contribution in [0.3, 0.4) is 0 Å². The van der Waals surface area contributed by atoms with E-state index >= 15 is 0 Å². The highest BCUT2D eigenvalue weighted by Crippen LogP contribution is 2.26. The van der Waals surface area contributed by atoms with Crippen molar-refractivity contribution < 1.29 is 4.74 Å². The molecule has 84 valence electrons. The average molecular weight is 215 g/mol. The predicted octanol–water partition coefficient (Wildman–Crippen LogP) is 2.66.